The minimum absolute atomic E-state index is 0.0847. The van der Waals surface area contributed by atoms with E-state index in [4.69, 9.17) is 9.73 Å². The summed E-state index contributed by atoms with van der Waals surface area (Å²) in [6, 6.07) is 15.5. The molecule has 4 rings (SSSR count). The predicted molar refractivity (Wildman–Crippen MR) is 114 cm³/mol. The normalized spacial score (nSPS) is 18.8. The van der Waals surface area contributed by atoms with Crippen molar-refractivity contribution in [2.45, 2.75) is 46.3 Å². The van der Waals surface area contributed by atoms with Crippen LogP contribution in [0.3, 0.4) is 0 Å². The molecule has 2 aromatic carbocycles. The van der Waals surface area contributed by atoms with E-state index in [1.54, 1.807) is 0 Å². The molecular weight excluding hydrogens is 346 g/mol. The Bertz CT molecular complexity index is 902. The van der Waals surface area contributed by atoms with Crippen LogP contribution in [-0.4, -0.2) is 35.0 Å². The number of rotatable bonds is 5. The van der Waals surface area contributed by atoms with E-state index in [1.807, 2.05) is 6.07 Å². The molecule has 4 heteroatoms. The van der Waals surface area contributed by atoms with E-state index in [1.165, 1.54) is 22.3 Å². The number of benzene rings is 2. The van der Waals surface area contributed by atoms with Gasteiger partial charge in [0, 0.05) is 30.5 Å². The van der Waals surface area contributed by atoms with Crippen LogP contribution in [0.15, 0.2) is 59.9 Å². The monoisotopic (exact) mass is 375 g/mol. The van der Waals surface area contributed by atoms with Crippen molar-refractivity contribution in [2.24, 2.45) is 4.99 Å². The average Bonchev–Trinajstić information content (AvgIpc) is 3.34. The predicted octanol–water partition coefficient (Wildman–Crippen LogP) is 4.78. The SMILES string of the molecule is Cc1cc(C)c(C2=N[C@@H](c3ccccc3)CO2)cc1CN1C=CN(C(C)C)C1. The molecule has 0 radical (unpaired) electrons. The first-order valence-corrected chi connectivity index (χ1v) is 10.1. The molecule has 0 bridgehead atoms. The van der Waals surface area contributed by atoms with Gasteiger partial charge in [0.15, 0.2) is 0 Å². The minimum Gasteiger partial charge on any atom is -0.475 e. The summed E-state index contributed by atoms with van der Waals surface area (Å²) in [6.07, 6.45) is 4.37. The second-order valence-electron chi connectivity index (χ2n) is 8.06. The van der Waals surface area contributed by atoms with Crippen LogP contribution < -0.4 is 0 Å². The summed E-state index contributed by atoms with van der Waals surface area (Å²) in [6.45, 7) is 11.2. The second kappa shape index (κ2) is 7.70. The molecule has 2 aromatic rings. The van der Waals surface area contributed by atoms with E-state index >= 15 is 0 Å². The lowest BCUT2D eigenvalue weighted by atomic mass is 9.99. The maximum atomic E-state index is 6.01. The first-order chi connectivity index (χ1) is 13.5. The van der Waals surface area contributed by atoms with Crippen LogP contribution in [-0.2, 0) is 11.3 Å². The van der Waals surface area contributed by atoms with Crippen LogP contribution in [0.5, 0.6) is 0 Å². The first kappa shape index (κ1) is 18.6. The number of aliphatic imine (C=N–C) groups is 1. The molecule has 0 fully saturated rings. The molecule has 28 heavy (non-hydrogen) atoms. The van der Waals surface area contributed by atoms with Gasteiger partial charge in [0.25, 0.3) is 0 Å². The highest BCUT2D eigenvalue weighted by Gasteiger charge is 2.24. The first-order valence-electron chi connectivity index (χ1n) is 10.1. The van der Waals surface area contributed by atoms with Gasteiger partial charge in [-0.25, -0.2) is 4.99 Å². The third-order valence-electron chi connectivity index (χ3n) is 5.60. The molecule has 2 heterocycles. The molecular formula is C24H29N3O. The maximum Gasteiger partial charge on any atom is 0.217 e. The van der Waals surface area contributed by atoms with Crippen LogP contribution in [0.1, 0.15) is 47.7 Å². The fourth-order valence-electron chi connectivity index (χ4n) is 3.81. The lowest BCUT2D eigenvalue weighted by Crippen LogP contribution is -2.30. The summed E-state index contributed by atoms with van der Waals surface area (Å²) in [5.74, 6) is 0.772. The Kier molecular flexibility index (Phi) is 5.12. The summed E-state index contributed by atoms with van der Waals surface area (Å²) in [4.78, 5) is 9.58. The summed E-state index contributed by atoms with van der Waals surface area (Å²) >= 11 is 0. The van der Waals surface area contributed by atoms with Gasteiger partial charge in [-0.2, -0.15) is 0 Å². The highest BCUT2D eigenvalue weighted by atomic mass is 16.5. The summed E-state index contributed by atoms with van der Waals surface area (Å²) in [5, 5.41) is 0. The van der Waals surface area contributed by atoms with E-state index < -0.39 is 0 Å². The Balaban J connectivity index is 1.56. The van der Waals surface area contributed by atoms with Gasteiger partial charge in [0.2, 0.25) is 5.90 Å². The zero-order valence-corrected chi connectivity index (χ0v) is 17.2. The van der Waals surface area contributed by atoms with Crippen molar-refractivity contribution in [3.63, 3.8) is 0 Å². The highest BCUT2D eigenvalue weighted by Crippen LogP contribution is 2.28. The molecule has 0 amide bonds. The van der Waals surface area contributed by atoms with E-state index in [9.17, 15) is 0 Å². The quantitative estimate of drug-likeness (QED) is 0.753. The average molecular weight is 376 g/mol. The van der Waals surface area contributed by atoms with Gasteiger partial charge in [-0.3, -0.25) is 0 Å². The van der Waals surface area contributed by atoms with Crippen molar-refractivity contribution in [2.75, 3.05) is 13.3 Å². The Hall–Kier alpha value is -2.75. The molecule has 0 N–H and O–H groups in total. The number of hydrogen-bond acceptors (Lipinski definition) is 4. The third kappa shape index (κ3) is 3.77. The van der Waals surface area contributed by atoms with Crippen molar-refractivity contribution in [1.82, 2.24) is 9.80 Å². The maximum absolute atomic E-state index is 6.01. The van der Waals surface area contributed by atoms with E-state index in [0.717, 1.165) is 24.7 Å². The molecule has 0 aliphatic carbocycles. The number of ether oxygens (including phenoxy) is 1. The Morgan fingerprint density at radius 2 is 1.86 bits per heavy atom. The minimum atomic E-state index is 0.0847. The molecule has 0 saturated heterocycles. The second-order valence-corrected chi connectivity index (χ2v) is 8.06. The molecule has 2 aliphatic rings. The van der Waals surface area contributed by atoms with Gasteiger partial charge in [-0.15, -0.1) is 0 Å². The summed E-state index contributed by atoms with van der Waals surface area (Å²) < 4.78 is 6.01. The molecule has 2 aliphatic heterocycles. The molecule has 4 nitrogen and oxygen atoms in total. The van der Waals surface area contributed by atoms with Gasteiger partial charge in [-0.05, 0) is 56.0 Å². The van der Waals surface area contributed by atoms with Crippen molar-refractivity contribution in [1.29, 1.82) is 0 Å². The van der Waals surface area contributed by atoms with Gasteiger partial charge >= 0.3 is 0 Å². The van der Waals surface area contributed by atoms with Gasteiger partial charge in [0.05, 0.1) is 6.67 Å². The Morgan fingerprint density at radius 3 is 2.57 bits per heavy atom. The van der Waals surface area contributed by atoms with Crippen LogP contribution in [0.25, 0.3) is 0 Å². The summed E-state index contributed by atoms with van der Waals surface area (Å²) in [5.41, 5.74) is 6.18. The van der Waals surface area contributed by atoms with E-state index in [0.29, 0.717) is 12.6 Å². The third-order valence-corrected chi connectivity index (χ3v) is 5.60. The van der Waals surface area contributed by atoms with Crippen molar-refractivity contribution >= 4 is 5.90 Å². The zero-order chi connectivity index (χ0) is 19.7. The lowest BCUT2D eigenvalue weighted by molar-refractivity contribution is 0.226. The van der Waals surface area contributed by atoms with Gasteiger partial charge in [-0.1, -0.05) is 36.4 Å². The van der Waals surface area contributed by atoms with Crippen LogP contribution >= 0.6 is 0 Å². The van der Waals surface area contributed by atoms with Gasteiger partial charge in [0.1, 0.15) is 12.6 Å². The molecule has 0 aromatic heterocycles. The number of hydrogen-bond donors (Lipinski definition) is 0. The van der Waals surface area contributed by atoms with Gasteiger partial charge < -0.3 is 14.5 Å². The van der Waals surface area contributed by atoms with Crippen molar-refractivity contribution in [3.8, 4) is 0 Å². The number of aryl methyl sites for hydroxylation is 2. The lowest BCUT2D eigenvalue weighted by Gasteiger charge is -2.25. The molecule has 146 valence electrons. The zero-order valence-electron chi connectivity index (χ0n) is 17.2. The smallest absolute Gasteiger partial charge is 0.217 e. The topological polar surface area (TPSA) is 28.1 Å². The molecule has 0 spiro atoms. The summed E-state index contributed by atoms with van der Waals surface area (Å²) in [7, 11) is 0. The molecule has 0 saturated carbocycles. The largest absolute Gasteiger partial charge is 0.475 e. The molecule has 0 unspecified atom stereocenters. The fraction of sp³-hybridized carbons (Fsp3) is 0.375. The Morgan fingerprint density at radius 1 is 1.07 bits per heavy atom. The standard InChI is InChI=1S/C24H29N3O/c1-17(2)27-11-10-26(16-27)14-21-13-22(19(4)12-18(21)3)24-25-23(15-28-24)20-8-6-5-7-9-20/h5-13,17,23H,14-16H2,1-4H3/t23-/m1/s1. The van der Waals surface area contributed by atoms with Crippen molar-refractivity contribution < 1.29 is 4.74 Å². The Labute approximate surface area is 168 Å². The van der Waals surface area contributed by atoms with Crippen LogP contribution in [0.4, 0.5) is 0 Å². The fourth-order valence-corrected chi connectivity index (χ4v) is 3.81. The van der Waals surface area contributed by atoms with Crippen LogP contribution in [0, 0.1) is 13.8 Å². The molecule has 1 atom stereocenters. The van der Waals surface area contributed by atoms with Crippen LogP contribution in [0.2, 0.25) is 0 Å². The van der Waals surface area contributed by atoms with E-state index in [-0.39, 0.29) is 6.04 Å². The van der Waals surface area contributed by atoms with E-state index in [2.05, 4.69) is 86.3 Å². The van der Waals surface area contributed by atoms with Crippen molar-refractivity contribution in [3.05, 3.63) is 82.7 Å². The number of nitrogens with zero attached hydrogens (tertiary/aromatic N) is 3. The highest BCUT2D eigenvalue weighted by molar-refractivity contribution is 5.97.